The molecule has 0 aliphatic heterocycles. The molecule has 2 aromatic rings. The second kappa shape index (κ2) is 9.61. The highest BCUT2D eigenvalue weighted by Gasteiger charge is 2.21. The number of rotatable bonds is 10. The van der Waals surface area contributed by atoms with E-state index in [1.165, 1.54) is 22.6 Å². The van der Waals surface area contributed by atoms with Gasteiger partial charge in [0.25, 0.3) is 0 Å². The molecule has 10 nitrogen and oxygen atoms in total. The maximum Gasteiger partial charge on any atom is 0.381 e. The molecule has 1 aromatic heterocycles. The van der Waals surface area contributed by atoms with Crippen molar-refractivity contribution >= 4 is 21.7 Å². The number of amides is 1. The number of imidazole rings is 1. The molecule has 0 fully saturated rings. The van der Waals surface area contributed by atoms with Crippen LogP contribution >= 0.6 is 0 Å². The van der Waals surface area contributed by atoms with Gasteiger partial charge < -0.3 is 20.0 Å². The molecule has 1 amide bonds. The standard InChI is InChI=1S/C18H25N5O5S/c1-4-22(5-2)29(27,28)16-8-6-15(7-9-16)12-19-18(24)10-11-21-13-17(23(25)26)20-14(21)3/h6-9,13H,4-5,10-12H2,1-3H3,(H,19,24). The number of carbonyl (C=O) groups excluding carboxylic acids is 1. The monoisotopic (exact) mass is 423 g/mol. The van der Waals surface area contributed by atoms with E-state index < -0.39 is 14.9 Å². The third kappa shape index (κ3) is 5.61. The fraction of sp³-hybridized carbons (Fsp3) is 0.444. The molecule has 0 radical (unpaired) electrons. The smallest absolute Gasteiger partial charge is 0.358 e. The maximum absolute atomic E-state index is 12.5. The fourth-order valence-corrected chi connectivity index (χ4v) is 4.27. The van der Waals surface area contributed by atoms with Gasteiger partial charge in [-0.05, 0) is 27.6 Å². The minimum atomic E-state index is -3.51. The fourth-order valence-electron chi connectivity index (χ4n) is 2.81. The molecule has 1 heterocycles. The summed E-state index contributed by atoms with van der Waals surface area (Å²) in [5.41, 5.74) is 0.770. The summed E-state index contributed by atoms with van der Waals surface area (Å²) in [7, 11) is -3.51. The molecule has 0 unspecified atom stereocenters. The first-order valence-electron chi connectivity index (χ1n) is 9.23. The first-order chi connectivity index (χ1) is 13.7. The van der Waals surface area contributed by atoms with Crippen LogP contribution in [0, 0.1) is 17.0 Å². The molecule has 2 rings (SSSR count). The molecule has 0 atom stereocenters. The Morgan fingerprint density at radius 2 is 1.86 bits per heavy atom. The van der Waals surface area contributed by atoms with E-state index >= 15 is 0 Å². The van der Waals surface area contributed by atoms with Gasteiger partial charge in [-0.25, -0.2) is 8.42 Å². The minimum absolute atomic E-state index is 0.142. The van der Waals surface area contributed by atoms with Crippen molar-refractivity contribution in [2.45, 2.75) is 45.2 Å². The number of aromatic nitrogens is 2. The molecule has 1 aromatic carbocycles. The van der Waals surface area contributed by atoms with Crippen LogP contribution in [-0.2, 0) is 27.9 Å². The van der Waals surface area contributed by atoms with Crippen LogP contribution in [0.1, 0.15) is 31.7 Å². The Kier molecular flexibility index (Phi) is 7.46. The lowest BCUT2D eigenvalue weighted by Gasteiger charge is -2.18. The van der Waals surface area contributed by atoms with E-state index in [1.807, 2.05) is 0 Å². The zero-order valence-corrected chi connectivity index (χ0v) is 17.5. The Labute approximate surface area is 169 Å². The molecule has 29 heavy (non-hydrogen) atoms. The normalized spacial score (nSPS) is 11.6. The molecule has 0 spiro atoms. The Hall–Kier alpha value is -2.79. The molecule has 0 bridgehead atoms. The van der Waals surface area contributed by atoms with Gasteiger partial charge in [-0.3, -0.25) is 4.79 Å². The van der Waals surface area contributed by atoms with E-state index in [0.717, 1.165) is 5.56 Å². The lowest BCUT2D eigenvalue weighted by atomic mass is 10.2. The average molecular weight is 423 g/mol. The maximum atomic E-state index is 12.5. The van der Waals surface area contributed by atoms with Crippen molar-refractivity contribution in [1.82, 2.24) is 19.2 Å². The van der Waals surface area contributed by atoms with Crippen LogP contribution < -0.4 is 5.32 Å². The van der Waals surface area contributed by atoms with Crippen molar-refractivity contribution in [3.05, 3.63) is 52.0 Å². The van der Waals surface area contributed by atoms with E-state index in [4.69, 9.17) is 0 Å². The molecule has 158 valence electrons. The van der Waals surface area contributed by atoms with Gasteiger partial charge >= 0.3 is 5.82 Å². The van der Waals surface area contributed by atoms with E-state index in [1.54, 1.807) is 37.5 Å². The summed E-state index contributed by atoms with van der Waals surface area (Å²) < 4.78 is 27.9. The SMILES string of the molecule is CCN(CC)S(=O)(=O)c1ccc(CNC(=O)CCn2cc([N+](=O)[O-])nc2C)cc1. The molecule has 11 heteroatoms. The Morgan fingerprint density at radius 1 is 1.24 bits per heavy atom. The third-order valence-electron chi connectivity index (χ3n) is 4.49. The van der Waals surface area contributed by atoms with Crippen LogP contribution in [0.2, 0.25) is 0 Å². The zero-order chi connectivity index (χ0) is 21.6. The number of nitro groups is 1. The summed E-state index contributed by atoms with van der Waals surface area (Å²) >= 11 is 0. The van der Waals surface area contributed by atoms with Crippen LogP contribution in [0.3, 0.4) is 0 Å². The number of nitrogens with zero attached hydrogens (tertiary/aromatic N) is 4. The van der Waals surface area contributed by atoms with Gasteiger partial charge in [0.15, 0.2) is 0 Å². The average Bonchev–Trinajstić information content (AvgIpc) is 3.07. The van der Waals surface area contributed by atoms with Crippen molar-refractivity contribution < 1.29 is 18.1 Å². The Balaban J connectivity index is 1.90. The highest BCUT2D eigenvalue weighted by Crippen LogP contribution is 2.16. The third-order valence-corrected chi connectivity index (χ3v) is 6.55. The van der Waals surface area contributed by atoms with Crippen molar-refractivity contribution in [1.29, 1.82) is 0 Å². The molecule has 0 saturated carbocycles. The van der Waals surface area contributed by atoms with Crippen molar-refractivity contribution in [3.63, 3.8) is 0 Å². The number of nitrogens with one attached hydrogen (secondary N) is 1. The van der Waals surface area contributed by atoms with Crippen molar-refractivity contribution in [2.24, 2.45) is 0 Å². The van der Waals surface area contributed by atoms with Crippen LogP contribution in [0.5, 0.6) is 0 Å². The summed E-state index contributed by atoms with van der Waals surface area (Å²) in [6, 6.07) is 6.40. The minimum Gasteiger partial charge on any atom is -0.358 e. The van der Waals surface area contributed by atoms with Gasteiger partial charge in [-0.2, -0.15) is 4.31 Å². The highest BCUT2D eigenvalue weighted by molar-refractivity contribution is 7.89. The molecular weight excluding hydrogens is 398 g/mol. The van der Waals surface area contributed by atoms with E-state index in [9.17, 15) is 23.3 Å². The largest absolute Gasteiger partial charge is 0.381 e. The van der Waals surface area contributed by atoms with E-state index in [-0.39, 0.29) is 36.1 Å². The first kappa shape index (κ1) is 22.5. The predicted molar refractivity (Wildman–Crippen MR) is 107 cm³/mol. The van der Waals surface area contributed by atoms with Crippen LogP contribution in [0.15, 0.2) is 35.4 Å². The van der Waals surface area contributed by atoms with Crippen molar-refractivity contribution in [2.75, 3.05) is 13.1 Å². The summed E-state index contributed by atoms with van der Waals surface area (Å²) in [5, 5.41) is 13.5. The summed E-state index contributed by atoms with van der Waals surface area (Å²) in [6.07, 6.45) is 1.44. The Morgan fingerprint density at radius 3 is 2.38 bits per heavy atom. The number of sulfonamides is 1. The predicted octanol–water partition coefficient (Wildman–Crippen LogP) is 1.84. The van der Waals surface area contributed by atoms with Gasteiger partial charge in [-0.15, -0.1) is 0 Å². The topological polar surface area (TPSA) is 127 Å². The van der Waals surface area contributed by atoms with Crippen LogP contribution in [0.25, 0.3) is 0 Å². The lowest BCUT2D eigenvalue weighted by Crippen LogP contribution is -2.30. The quantitative estimate of drug-likeness (QED) is 0.459. The van der Waals surface area contributed by atoms with E-state index in [0.29, 0.717) is 18.9 Å². The lowest BCUT2D eigenvalue weighted by molar-refractivity contribution is -0.389. The Bertz CT molecular complexity index is 965. The van der Waals surface area contributed by atoms with Gasteiger partial charge in [0.1, 0.15) is 6.20 Å². The number of benzene rings is 1. The molecular formula is C18H25N5O5S. The second-order valence-electron chi connectivity index (χ2n) is 6.36. The highest BCUT2D eigenvalue weighted by atomic mass is 32.2. The van der Waals surface area contributed by atoms with Crippen molar-refractivity contribution in [3.8, 4) is 0 Å². The zero-order valence-electron chi connectivity index (χ0n) is 16.7. The number of aryl methyl sites for hydroxylation is 2. The number of carbonyl (C=O) groups is 1. The van der Waals surface area contributed by atoms with Gasteiger partial charge in [0.05, 0.1) is 4.90 Å². The summed E-state index contributed by atoms with van der Waals surface area (Å²) in [5.74, 6) is -0.00208. The second-order valence-corrected chi connectivity index (χ2v) is 8.29. The molecule has 1 N–H and O–H groups in total. The van der Waals surface area contributed by atoms with Gasteiger partial charge in [0, 0.05) is 39.5 Å². The number of hydrogen-bond acceptors (Lipinski definition) is 6. The summed E-state index contributed by atoms with van der Waals surface area (Å²) in [4.78, 5) is 26.2. The van der Waals surface area contributed by atoms with Crippen LogP contribution in [0.4, 0.5) is 5.82 Å². The molecule has 0 saturated heterocycles. The summed E-state index contributed by atoms with van der Waals surface area (Å²) in [6.45, 7) is 6.54. The first-order valence-corrected chi connectivity index (χ1v) is 10.7. The molecule has 0 aliphatic rings. The van der Waals surface area contributed by atoms with Crippen LogP contribution in [-0.4, -0.2) is 46.2 Å². The number of hydrogen-bond donors (Lipinski definition) is 1. The van der Waals surface area contributed by atoms with Gasteiger partial charge in [0.2, 0.25) is 21.8 Å². The van der Waals surface area contributed by atoms with E-state index in [2.05, 4.69) is 10.3 Å². The van der Waals surface area contributed by atoms with Gasteiger partial charge in [-0.1, -0.05) is 26.0 Å². The molecule has 0 aliphatic carbocycles.